The second kappa shape index (κ2) is 4.59. The summed E-state index contributed by atoms with van der Waals surface area (Å²) in [6, 6.07) is 3.46. The van der Waals surface area contributed by atoms with Gasteiger partial charge in [0.25, 0.3) is 0 Å². The molecule has 0 aliphatic rings. The van der Waals surface area contributed by atoms with E-state index in [2.05, 4.69) is 11.9 Å². The second-order valence-electron chi connectivity index (χ2n) is 3.16. The number of halogens is 1. The lowest BCUT2D eigenvalue weighted by Crippen LogP contribution is -2.26. The average molecular weight is 209 g/mol. The number of rotatable bonds is 4. The molecular weight excluding hydrogens is 197 g/mol. The summed E-state index contributed by atoms with van der Waals surface area (Å²) in [5.41, 5.74) is 1.02. The van der Waals surface area contributed by atoms with Crippen LogP contribution in [-0.2, 0) is 4.79 Å². The number of aryl methyl sites for hydroxylation is 1. The fraction of sp³-hybridized carbons (Fsp3) is 0.182. The first-order valence-corrected chi connectivity index (χ1v) is 4.42. The van der Waals surface area contributed by atoms with E-state index in [4.69, 9.17) is 5.11 Å². The number of aliphatic carboxylic acids is 1. The van der Waals surface area contributed by atoms with Crippen LogP contribution in [0.4, 0.5) is 10.1 Å². The van der Waals surface area contributed by atoms with Gasteiger partial charge in [-0.25, -0.2) is 9.18 Å². The molecule has 15 heavy (non-hydrogen) atoms. The molecule has 80 valence electrons. The number of nitrogens with one attached hydrogen (secondary N) is 1. The van der Waals surface area contributed by atoms with Gasteiger partial charge >= 0.3 is 5.97 Å². The Bertz CT molecular complexity index is 390. The number of hydrogen-bond acceptors (Lipinski definition) is 2. The monoisotopic (exact) mass is 209 g/mol. The zero-order valence-electron chi connectivity index (χ0n) is 8.33. The Hall–Kier alpha value is -1.84. The first-order valence-electron chi connectivity index (χ1n) is 4.42. The van der Waals surface area contributed by atoms with E-state index in [1.807, 2.05) is 0 Å². The molecule has 0 heterocycles. The Balaban J connectivity index is 2.84. The summed E-state index contributed by atoms with van der Waals surface area (Å²) in [5, 5.41) is 11.5. The molecule has 1 unspecified atom stereocenters. The summed E-state index contributed by atoms with van der Waals surface area (Å²) in [4.78, 5) is 10.7. The van der Waals surface area contributed by atoms with Crippen molar-refractivity contribution in [2.45, 2.75) is 13.0 Å². The van der Waals surface area contributed by atoms with E-state index in [9.17, 15) is 9.18 Å². The molecule has 0 saturated carbocycles. The van der Waals surface area contributed by atoms with E-state index in [-0.39, 0.29) is 5.82 Å². The predicted octanol–water partition coefficient (Wildman–Crippen LogP) is 2.19. The maximum atomic E-state index is 12.9. The lowest BCUT2D eigenvalue weighted by atomic mass is 10.2. The number of benzene rings is 1. The van der Waals surface area contributed by atoms with Gasteiger partial charge in [-0.15, -0.1) is 6.58 Å². The number of carboxylic acid groups (broad SMARTS) is 1. The molecule has 1 aromatic carbocycles. The highest BCUT2D eigenvalue weighted by Gasteiger charge is 2.12. The molecule has 0 bridgehead atoms. The number of carbonyl (C=O) groups is 1. The molecule has 0 aromatic heterocycles. The van der Waals surface area contributed by atoms with Crippen LogP contribution >= 0.6 is 0 Å². The van der Waals surface area contributed by atoms with Crippen molar-refractivity contribution >= 4 is 11.7 Å². The third kappa shape index (κ3) is 2.80. The largest absolute Gasteiger partial charge is 0.479 e. The minimum absolute atomic E-state index is 0.314. The van der Waals surface area contributed by atoms with Crippen LogP contribution in [0.3, 0.4) is 0 Å². The van der Waals surface area contributed by atoms with E-state index in [0.717, 1.165) is 0 Å². The number of carboxylic acids is 1. The van der Waals surface area contributed by atoms with Crippen LogP contribution in [0.2, 0.25) is 0 Å². The zero-order chi connectivity index (χ0) is 11.4. The van der Waals surface area contributed by atoms with Crippen molar-refractivity contribution in [3.8, 4) is 0 Å². The number of anilines is 1. The fourth-order valence-electron chi connectivity index (χ4n) is 1.14. The van der Waals surface area contributed by atoms with Crippen LogP contribution in [-0.4, -0.2) is 17.1 Å². The molecule has 0 saturated heterocycles. The summed E-state index contributed by atoms with van der Waals surface area (Å²) < 4.78 is 12.9. The van der Waals surface area contributed by atoms with Gasteiger partial charge in [0.05, 0.1) is 0 Å². The molecule has 3 nitrogen and oxygen atoms in total. The summed E-state index contributed by atoms with van der Waals surface area (Å²) >= 11 is 0. The topological polar surface area (TPSA) is 49.3 Å². The molecule has 0 spiro atoms. The fourth-order valence-corrected chi connectivity index (χ4v) is 1.14. The lowest BCUT2D eigenvalue weighted by molar-refractivity contribution is -0.136. The van der Waals surface area contributed by atoms with Crippen LogP contribution in [0.15, 0.2) is 30.9 Å². The van der Waals surface area contributed by atoms with E-state index in [1.165, 1.54) is 18.2 Å². The summed E-state index contributed by atoms with van der Waals surface area (Å²) in [7, 11) is 0. The Labute approximate surface area is 87.2 Å². The normalized spacial score (nSPS) is 11.9. The molecule has 4 heteroatoms. The van der Waals surface area contributed by atoms with Crippen LogP contribution in [0.25, 0.3) is 0 Å². The highest BCUT2D eigenvalue weighted by Crippen LogP contribution is 2.14. The van der Waals surface area contributed by atoms with Crippen molar-refractivity contribution in [2.75, 3.05) is 5.32 Å². The third-order valence-electron chi connectivity index (χ3n) is 1.98. The number of hydrogen-bond donors (Lipinski definition) is 2. The molecule has 1 rings (SSSR count). The van der Waals surface area contributed by atoms with Gasteiger partial charge in [0.2, 0.25) is 0 Å². The quantitative estimate of drug-likeness (QED) is 0.747. The molecule has 0 radical (unpaired) electrons. The van der Waals surface area contributed by atoms with E-state index in [0.29, 0.717) is 11.3 Å². The molecule has 1 aromatic rings. The standard InChI is InChI=1S/C11H12FNO2/c1-3-10(11(14)15)13-8-4-5-9(12)7(2)6-8/h3-6,10,13H,1H2,2H3,(H,14,15). The maximum Gasteiger partial charge on any atom is 0.330 e. The Kier molecular flexibility index (Phi) is 3.44. The summed E-state index contributed by atoms with van der Waals surface area (Å²) in [5.74, 6) is -1.34. The van der Waals surface area contributed by atoms with E-state index in [1.54, 1.807) is 13.0 Å². The van der Waals surface area contributed by atoms with E-state index >= 15 is 0 Å². The van der Waals surface area contributed by atoms with Gasteiger partial charge < -0.3 is 10.4 Å². The minimum atomic E-state index is -1.02. The van der Waals surface area contributed by atoms with Crippen LogP contribution in [0.1, 0.15) is 5.56 Å². The van der Waals surface area contributed by atoms with Gasteiger partial charge in [-0.05, 0) is 30.7 Å². The van der Waals surface area contributed by atoms with Crippen molar-refractivity contribution in [1.29, 1.82) is 0 Å². The second-order valence-corrected chi connectivity index (χ2v) is 3.16. The van der Waals surface area contributed by atoms with E-state index < -0.39 is 12.0 Å². The molecule has 0 fully saturated rings. The van der Waals surface area contributed by atoms with Gasteiger partial charge in [-0.1, -0.05) is 6.08 Å². The van der Waals surface area contributed by atoms with Gasteiger partial charge in [0, 0.05) is 5.69 Å². The van der Waals surface area contributed by atoms with Crippen molar-refractivity contribution in [2.24, 2.45) is 0 Å². The molecular formula is C11H12FNO2. The summed E-state index contributed by atoms with van der Waals surface area (Å²) in [6.45, 7) is 5.02. The Morgan fingerprint density at radius 1 is 1.67 bits per heavy atom. The van der Waals surface area contributed by atoms with Crippen LogP contribution in [0.5, 0.6) is 0 Å². The summed E-state index contributed by atoms with van der Waals surface area (Å²) in [6.07, 6.45) is 1.28. The lowest BCUT2D eigenvalue weighted by Gasteiger charge is -2.12. The average Bonchev–Trinajstić information content (AvgIpc) is 2.19. The molecule has 0 aliphatic carbocycles. The van der Waals surface area contributed by atoms with Gasteiger partial charge in [-0.2, -0.15) is 0 Å². The third-order valence-corrected chi connectivity index (χ3v) is 1.98. The first-order chi connectivity index (χ1) is 7.04. The van der Waals surface area contributed by atoms with Crippen LogP contribution < -0.4 is 5.32 Å². The van der Waals surface area contributed by atoms with Gasteiger partial charge in [0.1, 0.15) is 11.9 Å². The Morgan fingerprint density at radius 3 is 2.80 bits per heavy atom. The molecule has 0 aliphatic heterocycles. The molecule has 1 atom stereocenters. The van der Waals surface area contributed by atoms with Gasteiger partial charge in [-0.3, -0.25) is 0 Å². The molecule has 0 amide bonds. The highest BCUT2D eigenvalue weighted by atomic mass is 19.1. The SMILES string of the molecule is C=CC(Nc1ccc(F)c(C)c1)C(=O)O. The van der Waals surface area contributed by atoms with Crippen LogP contribution in [0, 0.1) is 12.7 Å². The molecule has 2 N–H and O–H groups in total. The minimum Gasteiger partial charge on any atom is -0.479 e. The van der Waals surface area contributed by atoms with Gasteiger partial charge in [0.15, 0.2) is 0 Å². The van der Waals surface area contributed by atoms with Crippen molar-refractivity contribution < 1.29 is 14.3 Å². The highest BCUT2D eigenvalue weighted by molar-refractivity contribution is 5.79. The first kappa shape index (κ1) is 11.2. The van der Waals surface area contributed by atoms with Crippen molar-refractivity contribution in [3.05, 3.63) is 42.2 Å². The van der Waals surface area contributed by atoms with Crippen molar-refractivity contribution in [3.63, 3.8) is 0 Å². The predicted molar refractivity (Wildman–Crippen MR) is 56.4 cm³/mol. The smallest absolute Gasteiger partial charge is 0.330 e. The van der Waals surface area contributed by atoms with Crippen molar-refractivity contribution in [1.82, 2.24) is 0 Å². The Morgan fingerprint density at radius 2 is 2.33 bits per heavy atom. The zero-order valence-corrected chi connectivity index (χ0v) is 8.33. The maximum absolute atomic E-state index is 12.9.